The Morgan fingerprint density at radius 3 is 2.67 bits per heavy atom. The van der Waals surface area contributed by atoms with E-state index in [1.54, 1.807) is 7.11 Å². The lowest BCUT2D eigenvalue weighted by atomic mass is 10.1. The quantitative estimate of drug-likeness (QED) is 0.606. The molecule has 0 fully saturated rings. The van der Waals surface area contributed by atoms with Crippen molar-refractivity contribution in [3.8, 4) is 5.75 Å². The molecular formula is C19H20ClO. The molecule has 0 N–H and O–H groups in total. The molecule has 0 atom stereocenters. The van der Waals surface area contributed by atoms with Gasteiger partial charge in [-0.1, -0.05) is 60.2 Å². The van der Waals surface area contributed by atoms with Crippen LogP contribution in [0, 0.1) is 6.42 Å². The summed E-state index contributed by atoms with van der Waals surface area (Å²) >= 11 is 5.96. The van der Waals surface area contributed by atoms with E-state index in [4.69, 9.17) is 16.3 Å². The fraction of sp³-hybridized carbons (Fsp3) is 0.211. The second kappa shape index (κ2) is 8.53. The van der Waals surface area contributed by atoms with E-state index in [0.717, 1.165) is 25.0 Å². The molecule has 1 nitrogen and oxygen atoms in total. The Labute approximate surface area is 132 Å². The maximum atomic E-state index is 5.96. The number of hydrogen-bond donors (Lipinski definition) is 0. The van der Waals surface area contributed by atoms with Gasteiger partial charge in [0.25, 0.3) is 0 Å². The van der Waals surface area contributed by atoms with E-state index in [1.807, 2.05) is 36.4 Å². The minimum atomic E-state index is 0.716. The maximum absolute atomic E-state index is 5.96. The van der Waals surface area contributed by atoms with E-state index in [0.29, 0.717) is 5.02 Å². The molecular weight excluding hydrogens is 280 g/mol. The Hall–Kier alpha value is -1.73. The molecule has 2 aromatic carbocycles. The van der Waals surface area contributed by atoms with Gasteiger partial charge in [0.2, 0.25) is 0 Å². The molecule has 0 amide bonds. The highest BCUT2D eigenvalue weighted by molar-refractivity contribution is 6.30. The summed E-state index contributed by atoms with van der Waals surface area (Å²) in [5.74, 6) is 0.877. The number of halogens is 1. The molecule has 2 rings (SSSR count). The zero-order chi connectivity index (χ0) is 14.9. The van der Waals surface area contributed by atoms with E-state index < -0.39 is 0 Å². The zero-order valence-electron chi connectivity index (χ0n) is 12.3. The molecule has 0 aliphatic rings. The van der Waals surface area contributed by atoms with Crippen molar-refractivity contribution in [3.63, 3.8) is 0 Å². The van der Waals surface area contributed by atoms with Crippen molar-refractivity contribution in [2.75, 3.05) is 7.11 Å². The van der Waals surface area contributed by atoms with Gasteiger partial charge >= 0.3 is 0 Å². The van der Waals surface area contributed by atoms with Crippen molar-refractivity contribution in [1.82, 2.24) is 0 Å². The lowest BCUT2D eigenvalue weighted by Gasteiger charge is -2.08. The van der Waals surface area contributed by atoms with E-state index in [2.05, 4.69) is 30.7 Å². The van der Waals surface area contributed by atoms with Gasteiger partial charge in [-0.3, -0.25) is 0 Å². The number of benzene rings is 2. The lowest BCUT2D eigenvalue weighted by molar-refractivity contribution is 0.409. The Bertz CT molecular complexity index is 575. The Kier molecular flexibility index (Phi) is 6.36. The molecule has 2 heteroatoms. The molecule has 2 aromatic rings. The fourth-order valence-corrected chi connectivity index (χ4v) is 2.34. The van der Waals surface area contributed by atoms with Crippen LogP contribution in [-0.4, -0.2) is 7.11 Å². The first kappa shape index (κ1) is 15.7. The minimum Gasteiger partial charge on any atom is -0.496 e. The molecule has 0 unspecified atom stereocenters. The van der Waals surface area contributed by atoms with Crippen LogP contribution in [0.1, 0.15) is 24.0 Å². The van der Waals surface area contributed by atoms with Crippen LogP contribution in [0.4, 0.5) is 0 Å². The van der Waals surface area contributed by atoms with Gasteiger partial charge in [0.05, 0.1) is 7.11 Å². The fourth-order valence-electron chi connectivity index (χ4n) is 2.17. The number of ether oxygens (including phenoxy) is 1. The van der Waals surface area contributed by atoms with Crippen molar-refractivity contribution in [1.29, 1.82) is 0 Å². The van der Waals surface area contributed by atoms with Gasteiger partial charge in [-0.2, -0.15) is 0 Å². The summed E-state index contributed by atoms with van der Waals surface area (Å²) in [4.78, 5) is 0. The predicted octanol–water partition coefficient (Wildman–Crippen LogP) is 5.59. The summed E-state index contributed by atoms with van der Waals surface area (Å²) in [5, 5.41) is 0.716. The largest absolute Gasteiger partial charge is 0.496 e. The Morgan fingerprint density at radius 2 is 1.90 bits per heavy atom. The second-order valence-corrected chi connectivity index (χ2v) is 5.29. The van der Waals surface area contributed by atoms with Crippen molar-refractivity contribution in [3.05, 3.63) is 77.2 Å². The highest BCUT2D eigenvalue weighted by Crippen LogP contribution is 2.24. The number of methoxy groups -OCH3 is 1. The van der Waals surface area contributed by atoms with Crippen LogP contribution in [0.3, 0.4) is 0 Å². The van der Waals surface area contributed by atoms with Crippen LogP contribution in [0.5, 0.6) is 5.75 Å². The highest BCUT2D eigenvalue weighted by Gasteiger charge is 2.03. The number of allylic oxidation sites excluding steroid dienone is 1. The first-order chi connectivity index (χ1) is 10.3. The van der Waals surface area contributed by atoms with E-state index in [1.165, 1.54) is 11.1 Å². The topological polar surface area (TPSA) is 9.23 Å². The summed E-state index contributed by atoms with van der Waals surface area (Å²) in [6.45, 7) is 0. The van der Waals surface area contributed by atoms with Gasteiger partial charge in [0.1, 0.15) is 5.75 Å². The smallest absolute Gasteiger partial charge is 0.123 e. The Morgan fingerprint density at radius 1 is 1.10 bits per heavy atom. The van der Waals surface area contributed by atoms with Crippen LogP contribution >= 0.6 is 11.6 Å². The summed E-state index contributed by atoms with van der Waals surface area (Å²) < 4.78 is 5.35. The van der Waals surface area contributed by atoms with Crippen LogP contribution in [0.25, 0.3) is 6.08 Å². The average molecular weight is 300 g/mol. The van der Waals surface area contributed by atoms with Crippen LogP contribution in [0.2, 0.25) is 5.02 Å². The van der Waals surface area contributed by atoms with Gasteiger partial charge < -0.3 is 4.74 Å². The maximum Gasteiger partial charge on any atom is 0.123 e. The number of rotatable bonds is 7. The van der Waals surface area contributed by atoms with Crippen LogP contribution in [-0.2, 0) is 6.42 Å². The molecule has 0 bridgehead atoms. The normalized spacial score (nSPS) is 11.0. The lowest BCUT2D eigenvalue weighted by Crippen LogP contribution is -1.92. The Balaban J connectivity index is 1.74. The highest BCUT2D eigenvalue weighted by atomic mass is 35.5. The van der Waals surface area contributed by atoms with Crippen molar-refractivity contribution >= 4 is 17.7 Å². The SMILES string of the molecule is COc1cc(Cl)ccc1CCC[CH]C=Cc1ccccc1. The average Bonchev–Trinajstić information content (AvgIpc) is 2.52. The first-order valence-corrected chi connectivity index (χ1v) is 7.55. The molecule has 21 heavy (non-hydrogen) atoms. The summed E-state index contributed by atoms with van der Waals surface area (Å²) in [6.07, 6.45) is 9.59. The predicted molar refractivity (Wildman–Crippen MR) is 90.7 cm³/mol. The summed E-state index contributed by atoms with van der Waals surface area (Å²) in [5.41, 5.74) is 2.44. The molecule has 0 saturated heterocycles. The van der Waals surface area contributed by atoms with Crippen LogP contribution < -0.4 is 4.74 Å². The molecule has 0 saturated carbocycles. The molecule has 109 valence electrons. The molecule has 1 radical (unpaired) electrons. The van der Waals surface area contributed by atoms with E-state index in [-0.39, 0.29) is 0 Å². The standard InChI is InChI=1S/C19H20ClO/c1-21-19-15-18(20)14-13-17(19)12-8-3-2-5-9-16-10-6-4-7-11-16/h2,4-7,9-11,13-15H,3,8,12H2,1H3. The summed E-state index contributed by atoms with van der Waals surface area (Å²) in [7, 11) is 1.68. The van der Waals surface area contributed by atoms with Gasteiger partial charge in [-0.25, -0.2) is 0 Å². The minimum absolute atomic E-state index is 0.716. The van der Waals surface area contributed by atoms with Crippen LogP contribution in [0.15, 0.2) is 54.6 Å². The molecule has 0 aromatic heterocycles. The third kappa shape index (κ3) is 5.28. The van der Waals surface area contributed by atoms with Crippen molar-refractivity contribution in [2.24, 2.45) is 0 Å². The van der Waals surface area contributed by atoms with Gasteiger partial charge in [-0.15, -0.1) is 0 Å². The number of unbranched alkanes of at least 4 members (excludes halogenated alkanes) is 2. The van der Waals surface area contributed by atoms with Gasteiger partial charge in [0.15, 0.2) is 0 Å². The zero-order valence-corrected chi connectivity index (χ0v) is 13.0. The van der Waals surface area contributed by atoms with Crippen molar-refractivity contribution in [2.45, 2.75) is 19.3 Å². The second-order valence-electron chi connectivity index (χ2n) is 4.85. The first-order valence-electron chi connectivity index (χ1n) is 7.17. The molecule has 0 spiro atoms. The number of hydrogen-bond acceptors (Lipinski definition) is 1. The molecule has 0 heterocycles. The third-order valence-electron chi connectivity index (χ3n) is 3.29. The third-order valence-corrected chi connectivity index (χ3v) is 3.53. The number of aryl methyl sites for hydroxylation is 1. The molecule has 0 aliphatic carbocycles. The van der Waals surface area contributed by atoms with Crippen molar-refractivity contribution < 1.29 is 4.74 Å². The monoisotopic (exact) mass is 299 g/mol. The van der Waals surface area contributed by atoms with Gasteiger partial charge in [-0.05, 0) is 48.9 Å². The van der Waals surface area contributed by atoms with E-state index >= 15 is 0 Å². The molecule has 0 aliphatic heterocycles. The van der Waals surface area contributed by atoms with Gasteiger partial charge in [0, 0.05) is 5.02 Å². The summed E-state index contributed by atoms with van der Waals surface area (Å²) in [6, 6.07) is 16.2. The van der Waals surface area contributed by atoms with E-state index in [9.17, 15) is 0 Å².